The van der Waals surface area contributed by atoms with Gasteiger partial charge < -0.3 is 0 Å². The molecule has 0 aliphatic carbocycles. The Balaban J connectivity index is 2.96. The number of halogens is 2. The van der Waals surface area contributed by atoms with E-state index in [0.717, 1.165) is 0 Å². The van der Waals surface area contributed by atoms with Crippen LogP contribution < -0.4 is 0 Å². The molecule has 0 saturated carbocycles. The number of benzene rings is 1. The monoisotopic (exact) mass is 197 g/mol. The summed E-state index contributed by atoms with van der Waals surface area (Å²) < 4.78 is 13.2. The minimum Gasteiger partial charge on any atom is -0.207 e. The summed E-state index contributed by atoms with van der Waals surface area (Å²) in [7, 11) is 0. The van der Waals surface area contributed by atoms with Gasteiger partial charge in [0.1, 0.15) is 11.2 Å². The molecular formula is C10H9ClFN. The van der Waals surface area contributed by atoms with Crippen molar-refractivity contribution in [3.63, 3.8) is 0 Å². The summed E-state index contributed by atoms with van der Waals surface area (Å²) in [5.41, 5.74) is 0.490. The Bertz CT molecular complexity index is 332. The van der Waals surface area contributed by atoms with Gasteiger partial charge in [-0.1, -0.05) is 25.1 Å². The number of rotatable bonds is 2. The average Bonchev–Trinajstić information content (AvgIpc) is 2.16. The van der Waals surface area contributed by atoms with Gasteiger partial charge in [0, 0.05) is 5.92 Å². The number of hydrogen-bond donors (Lipinski definition) is 0. The highest BCUT2D eigenvalue weighted by Crippen LogP contribution is 2.24. The van der Waals surface area contributed by atoms with Crippen LogP contribution in [0.1, 0.15) is 18.4 Å². The van der Waals surface area contributed by atoms with Crippen molar-refractivity contribution in [2.45, 2.75) is 18.2 Å². The average molecular weight is 198 g/mol. The third kappa shape index (κ3) is 2.19. The van der Waals surface area contributed by atoms with E-state index >= 15 is 0 Å². The van der Waals surface area contributed by atoms with Gasteiger partial charge in [0.2, 0.25) is 0 Å². The molecule has 0 heterocycles. The summed E-state index contributed by atoms with van der Waals surface area (Å²) in [4.78, 5) is 0. The molecule has 0 N–H and O–H groups in total. The lowest BCUT2D eigenvalue weighted by Gasteiger charge is -2.12. The maximum Gasteiger partial charge on any atom is 0.127 e. The van der Waals surface area contributed by atoms with Gasteiger partial charge >= 0.3 is 0 Å². The molecule has 1 rings (SSSR count). The lowest BCUT2D eigenvalue weighted by atomic mass is 9.98. The number of nitrogens with zero attached hydrogens (tertiary/aromatic N) is 1. The predicted molar refractivity (Wildman–Crippen MR) is 50.1 cm³/mol. The summed E-state index contributed by atoms with van der Waals surface area (Å²) >= 11 is 5.69. The zero-order valence-electron chi connectivity index (χ0n) is 7.17. The SMILES string of the molecule is CC(c1ccccc1F)C(Cl)C#N. The van der Waals surface area contributed by atoms with Crippen LogP contribution in [-0.2, 0) is 0 Å². The van der Waals surface area contributed by atoms with Crippen LogP contribution in [0.15, 0.2) is 24.3 Å². The van der Waals surface area contributed by atoms with Gasteiger partial charge in [0.25, 0.3) is 0 Å². The van der Waals surface area contributed by atoms with E-state index in [1.807, 2.05) is 6.07 Å². The van der Waals surface area contributed by atoms with Crippen molar-refractivity contribution in [3.05, 3.63) is 35.6 Å². The van der Waals surface area contributed by atoms with E-state index in [9.17, 15) is 4.39 Å². The van der Waals surface area contributed by atoms with Crippen molar-refractivity contribution in [3.8, 4) is 6.07 Å². The standard InChI is InChI=1S/C10H9ClFN/c1-7(9(11)6-13)8-4-2-3-5-10(8)12/h2-5,7,9H,1H3. The molecule has 1 nitrogen and oxygen atoms in total. The van der Waals surface area contributed by atoms with Crippen LogP contribution in [-0.4, -0.2) is 5.38 Å². The first-order chi connectivity index (χ1) is 6.16. The van der Waals surface area contributed by atoms with Gasteiger partial charge in [-0.25, -0.2) is 4.39 Å². The lowest BCUT2D eigenvalue weighted by molar-refractivity contribution is 0.592. The second kappa shape index (κ2) is 4.25. The molecular weight excluding hydrogens is 189 g/mol. The van der Waals surface area contributed by atoms with Gasteiger partial charge in [-0.2, -0.15) is 5.26 Å². The molecule has 0 spiro atoms. The Hall–Kier alpha value is -1.07. The fourth-order valence-corrected chi connectivity index (χ4v) is 1.25. The highest BCUT2D eigenvalue weighted by atomic mass is 35.5. The first-order valence-electron chi connectivity index (χ1n) is 3.95. The Kier molecular flexibility index (Phi) is 3.27. The molecule has 2 unspecified atom stereocenters. The van der Waals surface area contributed by atoms with Crippen LogP contribution in [0, 0.1) is 17.1 Å². The largest absolute Gasteiger partial charge is 0.207 e. The molecule has 3 heteroatoms. The van der Waals surface area contributed by atoms with Crippen LogP contribution >= 0.6 is 11.6 Å². The van der Waals surface area contributed by atoms with Crippen LogP contribution in [0.2, 0.25) is 0 Å². The van der Waals surface area contributed by atoms with E-state index < -0.39 is 5.38 Å². The van der Waals surface area contributed by atoms with Crippen LogP contribution in [0.5, 0.6) is 0 Å². The zero-order valence-corrected chi connectivity index (χ0v) is 7.92. The van der Waals surface area contributed by atoms with Crippen molar-refractivity contribution in [1.82, 2.24) is 0 Å². The summed E-state index contributed by atoms with van der Waals surface area (Å²) in [6.07, 6.45) is 0. The number of alkyl halides is 1. The third-order valence-corrected chi connectivity index (χ3v) is 2.43. The molecule has 0 aromatic heterocycles. The molecule has 0 saturated heterocycles. The fourth-order valence-electron chi connectivity index (χ4n) is 1.11. The molecule has 1 aromatic rings. The summed E-state index contributed by atoms with van der Waals surface area (Å²) in [6, 6.07) is 8.25. The van der Waals surface area contributed by atoms with Crippen LogP contribution in [0.4, 0.5) is 4.39 Å². The van der Waals surface area contributed by atoms with E-state index in [4.69, 9.17) is 16.9 Å². The molecule has 68 valence electrons. The Labute approximate surface area is 81.8 Å². The van der Waals surface area contributed by atoms with E-state index in [1.54, 1.807) is 25.1 Å². The van der Waals surface area contributed by atoms with Gasteiger partial charge in [0.05, 0.1) is 6.07 Å². The molecule has 0 amide bonds. The molecule has 0 radical (unpaired) electrons. The van der Waals surface area contributed by atoms with Gasteiger partial charge in [0.15, 0.2) is 0 Å². The third-order valence-electron chi connectivity index (χ3n) is 1.96. The highest BCUT2D eigenvalue weighted by molar-refractivity contribution is 6.22. The highest BCUT2D eigenvalue weighted by Gasteiger charge is 2.18. The molecule has 0 aliphatic heterocycles. The van der Waals surface area contributed by atoms with Crippen molar-refractivity contribution in [2.75, 3.05) is 0 Å². The first-order valence-corrected chi connectivity index (χ1v) is 4.38. The normalized spacial score (nSPS) is 14.6. The topological polar surface area (TPSA) is 23.8 Å². The van der Waals surface area contributed by atoms with Gasteiger partial charge in [-0.3, -0.25) is 0 Å². The smallest absolute Gasteiger partial charge is 0.127 e. The van der Waals surface area contributed by atoms with Crippen molar-refractivity contribution >= 4 is 11.6 Å². The molecule has 0 fully saturated rings. The molecule has 2 atom stereocenters. The summed E-state index contributed by atoms with van der Waals surface area (Å²) in [5, 5.41) is 7.87. The zero-order chi connectivity index (χ0) is 9.84. The second-order valence-electron chi connectivity index (χ2n) is 2.84. The van der Waals surface area contributed by atoms with Crippen molar-refractivity contribution < 1.29 is 4.39 Å². The Morgan fingerprint density at radius 3 is 2.62 bits per heavy atom. The molecule has 1 aromatic carbocycles. The minimum atomic E-state index is -0.683. The van der Waals surface area contributed by atoms with Crippen LogP contribution in [0.25, 0.3) is 0 Å². The lowest BCUT2D eigenvalue weighted by Crippen LogP contribution is -2.08. The Morgan fingerprint density at radius 2 is 2.08 bits per heavy atom. The maximum atomic E-state index is 13.2. The summed E-state index contributed by atoms with van der Waals surface area (Å²) in [6.45, 7) is 1.74. The number of hydrogen-bond acceptors (Lipinski definition) is 1. The van der Waals surface area contributed by atoms with E-state index in [1.165, 1.54) is 6.07 Å². The second-order valence-corrected chi connectivity index (χ2v) is 3.31. The first kappa shape index (κ1) is 10.0. The van der Waals surface area contributed by atoms with E-state index in [-0.39, 0.29) is 11.7 Å². The van der Waals surface area contributed by atoms with E-state index in [2.05, 4.69) is 0 Å². The summed E-state index contributed by atoms with van der Waals surface area (Å²) in [5.74, 6) is -0.594. The molecule has 13 heavy (non-hydrogen) atoms. The van der Waals surface area contributed by atoms with Gasteiger partial charge in [-0.15, -0.1) is 11.6 Å². The fraction of sp³-hybridized carbons (Fsp3) is 0.300. The maximum absolute atomic E-state index is 13.2. The molecule has 0 aliphatic rings. The van der Waals surface area contributed by atoms with Crippen molar-refractivity contribution in [2.24, 2.45) is 0 Å². The number of nitriles is 1. The quantitative estimate of drug-likeness (QED) is 0.669. The van der Waals surface area contributed by atoms with E-state index in [0.29, 0.717) is 5.56 Å². The Morgan fingerprint density at radius 1 is 1.46 bits per heavy atom. The van der Waals surface area contributed by atoms with Crippen molar-refractivity contribution in [1.29, 1.82) is 5.26 Å². The van der Waals surface area contributed by atoms with Crippen LogP contribution in [0.3, 0.4) is 0 Å². The molecule has 0 bridgehead atoms. The minimum absolute atomic E-state index is 0.284. The predicted octanol–water partition coefficient (Wildman–Crippen LogP) is 3.06. The van der Waals surface area contributed by atoms with Gasteiger partial charge in [-0.05, 0) is 11.6 Å².